The first-order chi connectivity index (χ1) is 10.6. The molecule has 8 nitrogen and oxygen atoms in total. The number of fused-ring (bicyclic) bond motifs is 1. The third-order valence-electron chi connectivity index (χ3n) is 3.68. The molecule has 3 rings (SSSR count). The van der Waals surface area contributed by atoms with E-state index < -0.39 is 0 Å². The van der Waals surface area contributed by atoms with E-state index in [2.05, 4.69) is 44.3 Å². The second-order valence-corrected chi connectivity index (χ2v) is 5.16. The largest absolute Gasteiger partial charge is 0.359 e. The predicted octanol–water partition coefficient (Wildman–Crippen LogP) is 1.85. The van der Waals surface area contributed by atoms with Gasteiger partial charge in [-0.1, -0.05) is 6.92 Å². The van der Waals surface area contributed by atoms with Crippen LogP contribution in [0.2, 0.25) is 0 Å². The van der Waals surface area contributed by atoms with Gasteiger partial charge in [-0.2, -0.15) is 10.2 Å². The molecule has 3 heterocycles. The van der Waals surface area contributed by atoms with Crippen molar-refractivity contribution < 1.29 is 0 Å². The molecule has 0 fully saturated rings. The van der Waals surface area contributed by atoms with E-state index in [4.69, 9.17) is 0 Å². The Morgan fingerprint density at radius 1 is 1.23 bits per heavy atom. The second kappa shape index (κ2) is 5.70. The second-order valence-electron chi connectivity index (χ2n) is 5.16. The predicted molar refractivity (Wildman–Crippen MR) is 83.4 cm³/mol. The molecule has 22 heavy (non-hydrogen) atoms. The Labute approximate surface area is 128 Å². The first kappa shape index (κ1) is 14.4. The van der Waals surface area contributed by atoms with E-state index in [0.717, 1.165) is 35.6 Å². The van der Waals surface area contributed by atoms with E-state index in [1.807, 2.05) is 18.7 Å². The fourth-order valence-electron chi connectivity index (χ4n) is 2.54. The lowest BCUT2D eigenvalue weighted by Gasteiger charge is -2.18. The molecule has 0 aromatic carbocycles. The lowest BCUT2D eigenvalue weighted by Crippen LogP contribution is -2.17. The lowest BCUT2D eigenvalue weighted by atomic mass is 10.2. The van der Waals surface area contributed by atoms with Crippen LogP contribution in [-0.4, -0.2) is 34.5 Å². The van der Waals surface area contributed by atoms with Gasteiger partial charge in [0.2, 0.25) is 0 Å². The van der Waals surface area contributed by atoms with Gasteiger partial charge in [-0.15, -0.1) is 0 Å². The number of aromatic nitrogens is 7. The monoisotopic (exact) mass is 300 g/mol. The highest BCUT2D eigenvalue weighted by atomic mass is 15.3. The molecule has 0 radical (unpaired) electrons. The summed E-state index contributed by atoms with van der Waals surface area (Å²) in [4.78, 5) is 13.4. The quantitative estimate of drug-likeness (QED) is 0.774. The highest BCUT2D eigenvalue weighted by Crippen LogP contribution is 2.25. The van der Waals surface area contributed by atoms with Crippen LogP contribution in [0.25, 0.3) is 11.0 Å². The summed E-state index contributed by atoms with van der Waals surface area (Å²) in [6.45, 7) is 6.84. The summed E-state index contributed by atoms with van der Waals surface area (Å²) in [6.07, 6.45) is 4.26. The van der Waals surface area contributed by atoms with Crippen molar-refractivity contribution in [2.45, 2.75) is 39.8 Å². The van der Waals surface area contributed by atoms with Gasteiger partial charge in [0.15, 0.2) is 5.65 Å². The van der Waals surface area contributed by atoms with Gasteiger partial charge in [0.1, 0.15) is 23.8 Å². The molecule has 0 aliphatic rings. The van der Waals surface area contributed by atoms with Crippen LogP contribution in [0.1, 0.15) is 38.0 Å². The van der Waals surface area contributed by atoms with E-state index in [0.29, 0.717) is 5.82 Å². The number of hydrogen-bond donors (Lipinski definition) is 1. The number of nitrogens with one attached hydrogen (secondary N) is 1. The third kappa shape index (κ3) is 2.40. The van der Waals surface area contributed by atoms with Gasteiger partial charge in [0.25, 0.3) is 0 Å². The molecule has 116 valence electrons. The third-order valence-corrected chi connectivity index (χ3v) is 3.68. The molecule has 0 bridgehead atoms. The zero-order valence-corrected chi connectivity index (χ0v) is 13.3. The molecule has 0 saturated heterocycles. The molecule has 1 atom stereocenters. The minimum Gasteiger partial charge on any atom is -0.359 e. The normalized spacial score (nSPS) is 12.7. The van der Waals surface area contributed by atoms with Crippen LogP contribution in [0.15, 0.2) is 12.5 Å². The van der Waals surface area contributed by atoms with Crippen molar-refractivity contribution in [1.82, 2.24) is 34.5 Å². The molecular weight excluding hydrogens is 280 g/mol. The van der Waals surface area contributed by atoms with E-state index in [1.54, 1.807) is 17.2 Å². The Morgan fingerprint density at radius 3 is 2.77 bits per heavy atom. The maximum atomic E-state index is 4.53. The number of nitrogens with zero attached hydrogens (tertiary/aromatic N) is 7. The van der Waals surface area contributed by atoms with Crippen LogP contribution < -0.4 is 5.32 Å². The van der Waals surface area contributed by atoms with Crippen molar-refractivity contribution in [3.8, 4) is 0 Å². The maximum absolute atomic E-state index is 4.53. The van der Waals surface area contributed by atoms with Crippen molar-refractivity contribution in [1.29, 1.82) is 0 Å². The average molecular weight is 300 g/mol. The van der Waals surface area contributed by atoms with E-state index in [9.17, 15) is 0 Å². The van der Waals surface area contributed by atoms with Gasteiger partial charge in [-0.05, 0) is 20.3 Å². The molecule has 0 saturated carbocycles. The summed E-state index contributed by atoms with van der Waals surface area (Å²) >= 11 is 0. The molecule has 0 spiro atoms. The van der Waals surface area contributed by atoms with Gasteiger partial charge >= 0.3 is 0 Å². The first-order valence-electron chi connectivity index (χ1n) is 7.44. The standard InChI is InChI=1S/C14H20N8/c1-5-11(14-15-8-17-22(14)6-2)20-12-10-7-16-21(4)13(10)19-9(3)18-12/h7-8,11H,5-6H2,1-4H3,(H,18,19,20)/t11-/m0/s1. The number of aryl methyl sites for hydroxylation is 3. The Morgan fingerprint density at radius 2 is 2.05 bits per heavy atom. The van der Waals surface area contributed by atoms with E-state index >= 15 is 0 Å². The van der Waals surface area contributed by atoms with Crippen molar-refractivity contribution >= 4 is 16.9 Å². The fourth-order valence-corrected chi connectivity index (χ4v) is 2.54. The highest BCUT2D eigenvalue weighted by molar-refractivity contribution is 5.86. The molecule has 0 amide bonds. The van der Waals surface area contributed by atoms with Gasteiger partial charge in [0.05, 0.1) is 17.6 Å². The van der Waals surface area contributed by atoms with Crippen molar-refractivity contribution in [3.05, 3.63) is 24.2 Å². The van der Waals surface area contributed by atoms with E-state index in [-0.39, 0.29) is 6.04 Å². The fraction of sp³-hybridized carbons (Fsp3) is 0.500. The Kier molecular flexibility index (Phi) is 3.74. The Bertz CT molecular complexity index is 787. The van der Waals surface area contributed by atoms with Crippen LogP contribution in [0, 0.1) is 6.92 Å². The number of hydrogen-bond acceptors (Lipinski definition) is 6. The summed E-state index contributed by atoms with van der Waals surface area (Å²) in [5.41, 5.74) is 0.821. The SMILES string of the molecule is CC[C@H](Nc1nc(C)nc2c1cnn2C)c1ncnn1CC. The summed E-state index contributed by atoms with van der Waals surface area (Å²) in [5, 5.41) is 12.9. The molecule has 0 aliphatic heterocycles. The Balaban J connectivity index is 2.01. The Hall–Kier alpha value is -2.51. The summed E-state index contributed by atoms with van der Waals surface area (Å²) in [6, 6.07) is 0.0418. The van der Waals surface area contributed by atoms with Crippen LogP contribution >= 0.6 is 0 Å². The van der Waals surface area contributed by atoms with Crippen molar-refractivity contribution in [2.75, 3.05) is 5.32 Å². The van der Waals surface area contributed by atoms with Gasteiger partial charge in [0, 0.05) is 13.6 Å². The number of rotatable bonds is 5. The number of anilines is 1. The van der Waals surface area contributed by atoms with E-state index in [1.165, 1.54) is 0 Å². The topological polar surface area (TPSA) is 86.3 Å². The van der Waals surface area contributed by atoms with Gasteiger partial charge in [-0.25, -0.2) is 19.6 Å². The molecule has 0 aliphatic carbocycles. The molecule has 3 aromatic heterocycles. The van der Waals surface area contributed by atoms with Gasteiger partial charge in [-0.3, -0.25) is 4.68 Å². The molecule has 8 heteroatoms. The summed E-state index contributed by atoms with van der Waals surface area (Å²) < 4.78 is 3.65. The lowest BCUT2D eigenvalue weighted by molar-refractivity contribution is 0.568. The van der Waals surface area contributed by atoms with Crippen molar-refractivity contribution in [3.63, 3.8) is 0 Å². The van der Waals surface area contributed by atoms with Crippen LogP contribution in [-0.2, 0) is 13.6 Å². The highest BCUT2D eigenvalue weighted by Gasteiger charge is 2.18. The zero-order valence-electron chi connectivity index (χ0n) is 13.3. The zero-order chi connectivity index (χ0) is 15.7. The molecular formula is C14H20N8. The van der Waals surface area contributed by atoms with Crippen LogP contribution in [0.3, 0.4) is 0 Å². The average Bonchev–Trinajstić information content (AvgIpc) is 3.12. The molecule has 3 aromatic rings. The first-order valence-corrected chi connectivity index (χ1v) is 7.44. The minimum atomic E-state index is 0.0418. The van der Waals surface area contributed by atoms with Gasteiger partial charge < -0.3 is 5.32 Å². The van der Waals surface area contributed by atoms with Crippen LogP contribution in [0.4, 0.5) is 5.82 Å². The summed E-state index contributed by atoms with van der Waals surface area (Å²) in [5.74, 6) is 2.41. The summed E-state index contributed by atoms with van der Waals surface area (Å²) in [7, 11) is 1.88. The molecule has 0 unspecified atom stereocenters. The minimum absolute atomic E-state index is 0.0418. The molecule has 1 N–H and O–H groups in total. The van der Waals surface area contributed by atoms with Crippen LogP contribution in [0.5, 0.6) is 0 Å². The van der Waals surface area contributed by atoms with Crippen molar-refractivity contribution in [2.24, 2.45) is 7.05 Å². The smallest absolute Gasteiger partial charge is 0.163 e. The maximum Gasteiger partial charge on any atom is 0.163 e.